The Morgan fingerprint density at radius 1 is 0.952 bits per heavy atom. The molecule has 3 saturated heterocycles. The van der Waals surface area contributed by atoms with Gasteiger partial charge >= 0.3 is 5.69 Å². The van der Waals surface area contributed by atoms with Crippen molar-refractivity contribution in [3.05, 3.63) is 65.2 Å². The lowest BCUT2D eigenvalue weighted by Gasteiger charge is -2.43. The van der Waals surface area contributed by atoms with Gasteiger partial charge < -0.3 is 14.9 Å². The van der Waals surface area contributed by atoms with E-state index >= 15 is 0 Å². The topological polar surface area (TPSA) is 182 Å². The Hall–Kier alpha value is -6.02. The highest BCUT2D eigenvalue weighted by atomic mass is 19.3. The fourth-order valence-corrected chi connectivity index (χ4v) is 10.1. The summed E-state index contributed by atoms with van der Waals surface area (Å²) in [4.78, 5) is 49.8. The number of anilines is 2. The summed E-state index contributed by atoms with van der Waals surface area (Å²) in [6, 6.07) is 7.16. The fraction of sp³-hybridized carbons (Fsp3) is 0.524. The van der Waals surface area contributed by atoms with Crippen LogP contribution < -0.4 is 20.8 Å². The van der Waals surface area contributed by atoms with E-state index in [1.54, 1.807) is 39.4 Å². The summed E-state index contributed by atoms with van der Waals surface area (Å²) in [5.74, 6) is 0.407. The van der Waals surface area contributed by atoms with Crippen LogP contribution in [0.3, 0.4) is 0 Å². The fourth-order valence-electron chi connectivity index (χ4n) is 10.1. The zero-order chi connectivity index (χ0) is 42.8. The van der Waals surface area contributed by atoms with Crippen molar-refractivity contribution in [2.75, 3.05) is 49.1 Å². The number of aromatic nitrogens is 10. The van der Waals surface area contributed by atoms with E-state index in [1.807, 2.05) is 35.4 Å². The number of hydrogen-bond acceptors (Lipinski definition) is 12. The number of imide groups is 1. The predicted octanol–water partition coefficient (Wildman–Crippen LogP) is 3.65. The van der Waals surface area contributed by atoms with E-state index < -0.39 is 24.5 Å². The summed E-state index contributed by atoms with van der Waals surface area (Å²) in [5.41, 5.74) is 3.56. The number of nitrogens with one attached hydrogen (secondary N) is 1. The molecular formula is C42H50F2N14O4. The van der Waals surface area contributed by atoms with Crippen LogP contribution in [0.15, 0.2) is 53.8 Å². The molecule has 1 unspecified atom stereocenters. The Bertz CT molecular complexity index is 2710. The Morgan fingerprint density at radius 2 is 1.79 bits per heavy atom. The summed E-state index contributed by atoms with van der Waals surface area (Å²) in [5, 5.41) is 30.0. The number of hydrogen-bond donors (Lipinski definition) is 2. The van der Waals surface area contributed by atoms with Crippen molar-refractivity contribution in [2.45, 2.75) is 88.9 Å². The molecule has 18 nitrogen and oxygen atoms in total. The highest BCUT2D eigenvalue weighted by molar-refractivity contribution is 6.00. The van der Waals surface area contributed by atoms with Crippen LogP contribution in [0.4, 0.5) is 20.3 Å². The Balaban J connectivity index is 0.789. The lowest BCUT2D eigenvalue weighted by Crippen LogP contribution is -2.53. The first-order chi connectivity index (χ1) is 30.0. The molecule has 4 fully saturated rings. The van der Waals surface area contributed by atoms with Gasteiger partial charge in [-0.05, 0) is 76.0 Å². The minimum atomic E-state index is -2.81. The van der Waals surface area contributed by atoms with Crippen LogP contribution in [-0.4, -0.2) is 122 Å². The minimum absolute atomic E-state index is 0.0232. The van der Waals surface area contributed by atoms with Crippen molar-refractivity contribution in [2.24, 2.45) is 13.0 Å². The van der Waals surface area contributed by atoms with E-state index in [9.17, 15) is 28.3 Å². The van der Waals surface area contributed by atoms with E-state index in [0.29, 0.717) is 34.9 Å². The SMILES string of the molecule is C[C@H]1CN(c2cccc3c2n(C)c(=O)n3C2CCC(=O)NC2=O)CCN1CC1CCC(n2cc(-n3cc(-c4cnn5ccc(N6CCC[C@H](O)C6)nc45)nn3)c(C(F)F)n2)CC1. The molecule has 2 amide bonds. The lowest BCUT2D eigenvalue weighted by atomic mass is 9.85. The van der Waals surface area contributed by atoms with E-state index in [1.165, 1.54) is 9.25 Å². The molecule has 0 bridgehead atoms. The number of imidazole rings is 1. The number of carbonyl (C=O) groups excluding carboxylic acids is 2. The summed E-state index contributed by atoms with van der Waals surface area (Å²) >= 11 is 0. The van der Waals surface area contributed by atoms with E-state index in [-0.39, 0.29) is 47.9 Å². The number of β-amino-alcohol motifs (C(OH)–C–C–N with tert-alkyl or cyclic N) is 1. The number of amides is 2. The van der Waals surface area contributed by atoms with Gasteiger partial charge in [-0.1, -0.05) is 11.3 Å². The van der Waals surface area contributed by atoms with E-state index in [2.05, 4.69) is 42.5 Å². The van der Waals surface area contributed by atoms with Gasteiger partial charge in [0, 0.05) is 65.0 Å². The van der Waals surface area contributed by atoms with Crippen LogP contribution in [0.2, 0.25) is 0 Å². The van der Waals surface area contributed by atoms with Gasteiger partial charge in [0.1, 0.15) is 23.2 Å². The molecule has 6 aromatic rings. The third-order valence-electron chi connectivity index (χ3n) is 13.4. The second kappa shape index (κ2) is 16.0. The average Bonchev–Trinajstić information content (AvgIpc) is 4.07. The Morgan fingerprint density at radius 3 is 2.56 bits per heavy atom. The summed E-state index contributed by atoms with van der Waals surface area (Å²) in [7, 11) is 1.73. The van der Waals surface area contributed by atoms with Gasteiger partial charge in [0.25, 0.3) is 6.43 Å². The van der Waals surface area contributed by atoms with Gasteiger partial charge in [0.2, 0.25) is 11.8 Å². The molecule has 3 aliphatic heterocycles. The first kappa shape index (κ1) is 40.1. The molecule has 10 rings (SSSR count). The van der Waals surface area contributed by atoms with E-state index in [0.717, 1.165) is 88.3 Å². The molecule has 62 heavy (non-hydrogen) atoms. The number of nitrogens with zero attached hydrogens (tertiary/aromatic N) is 13. The second-order valence-electron chi connectivity index (χ2n) is 17.4. The number of aliphatic hydroxyl groups is 1. The smallest absolute Gasteiger partial charge is 0.329 e. The van der Waals surface area contributed by atoms with Gasteiger partial charge in [0.15, 0.2) is 11.3 Å². The minimum Gasteiger partial charge on any atom is -0.391 e. The standard InChI is InChI=1S/C42H50F2N14O4/c1-25-20-53(31-6-3-7-32-38(31)51(2)42(62)58(32)33-12-13-36(60)47-41(33)61)18-17-52(25)21-26-8-10-27(11-9-26)56-24-34(37(49-56)39(43)44)57-23-30(48-50-57)29-19-45-55-16-14-35(46-40(29)55)54-15-4-5-28(59)22-54/h3,6-7,14,16,19,23-28,33,39,59H,4-5,8-13,15,17-18,20-22H2,1-2H3,(H,47,60,61)/t25-,26?,27?,28-,33?/m0/s1. The number of halogens is 2. The van der Waals surface area contributed by atoms with Crippen molar-refractivity contribution in [1.82, 2.24) is 58.7 Å². The molecule has 1 aromatic carbocycles. The van der Waals surface area contributed by atoms with Crippen LogP contribution in [0, 0.1) is 5.92 Å². The van der Waals surface area contributed by atoms with Crippen LogP contribution >= 0.6 is 0 Å². The maximum absolute atomic E-state index is 14.5. The van der Waals surface area contributed by atoms with E-state index in [4.69, 9.17) is 4.98 Å². The molecule has 5 aromatic heterocycles. The predicted molar refractivity (Wildman–Crippen MR) is 224 cm³/mol. The molecule has 0 radical (unpaired) electrons. The molecule has 326 valence electrons. The third kappa shape index (κ3) is 7.21. The number of alkyl halides is 2. The van der Waals surface area contributed by atoms with Gasteiger partial charge in [-0.3, -0.25) is 33.6 Å². The highest BCUT2D eigenvalue weighted by Gasteiger charge is 2.34. The quantitative estimate of drug-likeness (QED) is 0.202. The van der Waals surface area contributed by atoms with Gasteiger partial charge in [0.05, 0.1) is 53.0 Å². The molecule has 3 atom stereocenters. The molecule has 0 spiro atoms. The molecule has 4 aliphatic rings. The van der Waals surface area contributed by atoms with Crippen molar-refractivity contribution < 1.29 is 23.5 Å². The van der Waals surface area contributed by atoms with Crippen molar-refractivity contribution in [1.29, 1.82) is 0 Å². The third-order valence-corrected chi connectivity index (χ3v) is 13.4. The van der Waals surface area contributed by atoms with Gasteiger partial charge in [-0.2, -0.15) is 10.2 Å². The summed E-state index contributed by atoms with van der Waals surface area (Å²) < 4.78 is 36.8. The first-order valence-electron chi connectivity index (χ1n) is 21.6. The van der Waals surface area contributed by atoms with Crippen molar-refractivity contribution in [3.8, 4) is 16.9 Å². The lowest BCUT2D eigenvalue weighted by molar-refractivity contribution is -0.135. The number of carbonyl (C=O) groups is 2. The number of benzene rings is 1. The second-order valence-corrected chi connectivity index (χ2v) is 17.4. The number of piperidine rings is 2. The van der Waals surface area contributed by atoms with Crippen LogP contribution in [0.25, 0.3) is 33.6 Å². The molecule has 8 heterocycles. The van der Waals surface area contributed by atoms with Crippen LogP contribution in [0.1, 0.15) is 82.5 Å². The van der Waals surface area contributed by atoms with Crippen LogP contribution in [-0.2, 0) is 16.6 Å². The van der Waals surface area contributed by atoms with Crippen LogP contribution in [0.5, 0.6) is 0 Å². The summed E-state index contributed by atoms with van der Waals surface area (Å²) in [6.45, 7) is 6.83. The van der Waals surface area contributed by atoms with Gasteiger partial charge in [-0.25, -0.2) is 27.8 Å². The maximum atomic E-state index is 14.5. The Kier molecular flexibility index (Phi) is 10.4. The number of para-hydroxylation sites is 1. The number of piperazine rings is 1. The Labute approximate surface area is 354 Å². The van der Waals surface area contributed by atoms with Gasteiger partial charge in [-0.15, -0.1) is 5.10 Å². The largest absolute Gasteiger partial charge is 0.391 e. The highest BCUT2D eigenvalue weighted by Crippen LogP contribution is 2.37. The monoisotopic (exact) mass is 852 g/mol. The molecule has 1 saturated carbocycles. The zero-order valence-electron chi connectivity index (χ0n) is 34.7. The average molecular weight is 853 g/mol. The number of aliphatic hydroxyl groups excluding tert-OH is 1. The first-order valence-corrected chi connectivity index (χ1v) is 21.6. The zero-order valence-corrected chi connectivity index (χ0v) is 34.7. The molecule has 2 N–H and O–H groups in total. The number of rotatable bonds is 9. The van der Waals surface area contributed by atoms with Crippen molar-refractivity contribution in [3.63, 3.8) is 0 Å². The van der Waals surface area contributed by atoms with Crippen molar-refractivity contribution >= 4 is 40.0 Å². The number of fused-ring (bicyclic) bond motifs is 2. The summed E-state index contributed by atoms with van der Waals surface area (Å²) in [6.07, 6.45) is 9.13. The molecule has 1 aliphatic carbocycles. The normalized spacial score (nSPS) is 24.2. The molecular weight excluding hydrogens is 803 g/mol. The molecule has 20 heteroatoms. The number of aryl methyl sites for hydroxylation is 1. The maximum Gasteiger partial charge on any atom is 0.329 e.